The topological polar surface area (TPSA) is 78.7 Å². The fourth-order valence-corrected chi connectivity index (χ4v) is 5.06. The molecule has 2 aliphatic carbocycles. The number of oxime groups is 1. The maximum atomic E-state index is 9.61. The summed E-state index contributed by atoms with van der Waals surface area (Å²) in [7, 11) is 0. The van der Waals surface area contributed by atoms with Crippen LogP contribution in [0.25, 0.3) is 0 Å². The molecule has 0 aromatic carbocycles. The van der Waals surface area contributed by atoms with Crippen LogP contribution in [0, 0.1) is 0 Å². The molecule has 3 aliphatic heterocycles. The third-order valence-corrected chi connectivity index (χ3v) is 6.34. The predicted octanol–water partition coefficient (Wildman–Crippen LogP) is 2.69. The number of fused-ring (bicyclic) bond motifs is 1. The van der Waals surface area contributed by atoms with E-state index in [1.54, 1.807) is 0 Å². The van der Waals surface area contributed by atoms with Gasteiger partial charge in [0.25, 0.3) is 0 Å². The molecular weight excluding hydrogens is 326 g/mol. The van der Waals surface area contributed by atoms with Gasteiger partial charge in [-0.15, -0.1) is 0 Å². The van der Waals surface area contributed by atoms with Gasteiger partial charge in [0.05, 0.1) is 6.61 Å². The second kappa shape index (κ2) is 6.16. The highest BCUT2D eigenvalue weighted by atomic mass is 16.8. The van der Waals surface area contributed by atoms with Crippen LogP contribution < -0.4 is 0 Å². The van der Waals surface area contributed by atoms with Crippen LogP contribution in [-0.2, 0) is 23.7 Å². The molecule has 0 amide bonds. The average Bonchev–Trinajstić information content (AvgIpc) is 3.27. The molecule has 0 unspecified atom stereocenters. The van der Waals surface area contributed by atoms with E-state index >= 15 is 0 Å². The van der Waals surface area contributed by atoms with E-state index in [1.807, 2.05) is 0 Å². The van der Waals surface area contributed by atoms with Gasteiger partial charge in [0.1, 0.15) is 17.9 Å². The lowest BCUT2D eigenvalue weighted by Crippen LogP contribution is -2.42. The molecule has 4 atom stereocenters. The van der Waals surface area contributed by atoms with E-state index < -0.39 is 30.1 Å². The summed E-state index contributed by atoms with van der Waals surface area (Å²) in [6.45, 7) is 0.453. The molecule has 3 saturated heterocycles. The molecule has 7 heteroatoms. The monoisotopic (exact) mass is 353 g/mol. The maximum absolute atomic E-state index is 9.61. The van der Waals surface area contributed by atoms with Crippen LogP contribution in [0.3, 0.4) is 0 Å². The Bertz CT molecular complexity index is 540. The van der Waals surface area contributed by atoms with Crippen molar-refractivity contribution >= 4 is 5.71 Å². The van der Waals surface area contributed by atoms with Crippen molar-refractivity contribution in [3.05, 3.63) is 0 Å². The van der Waals surface area contributed by atoms with Crippen molar-refractivity contribution in [3.8, 4) is 0 Å². The van der Waals surface area contributed by atoms with E-state index in [-0.39, 0.29) is 6.10 Å². The second-order valence-corrected chi connectivity index (χ2v) is 8.02. The molecular formula is C18H27NO6. The van der Waals surface area contributed by atoms with E-state index in [0.717, 1.165) is 51.4 Å². The molecule has 7 nitrogen and oxygen atoms in total. The van der Waals surface area contributed by atoms with Gasteiger partial charge >= 0.3 is 0 Å². The Balaban J connectivity index is 1.29. The largest absolute Gasteiger partial charge is 0.411 e. The van der Waals surface area contributed by atoms with Crippen molar-refractivity contribution in [3.63, 3.8) is 0 Å². The molecule has 5 rings (SSSR count). The van der Waals surface area contributed by atoms with E-state index in [4.69, 9.17) is 23.7 Å². The maximum Gasteiger partial charge on any atom is 0.193 e. The fraction of sp³-hybridized carbons (Fsp3) is 0.944. The summed E-state index contributed by atoms with van der Waals surface area (Å²) in [6, 6.07) is 0. The molecule has 140 valence electrons. The third kappa shape index (κ3) is 2.72. The zero-order valence-corrected chi connectivity index (χ0v) is 14.5. The van der Waals surface area contributed by atoms with Gasteiger partial charge in [-0.05, 0) is 25.7 Å². The minimum Gasteiger partial charge on any atom is -0.411 e. The molecule has 5 fully saturated rings. The summed E-state index contributed by atoms with van der Waals surface area (Å²) < 4.78 is 30.7. The number of ether oxygens (including phenoxy) is 5. The molecule has 0 radical (unpaired) electrons. The molecule has 2 saturated carbocycles. The Morgan fingerprint density at radius 3 is 2.16 bits per heavy atom. The van der Waals surface area contributed by atoms with Gasteiger partial charge in [-0.2, -0.15) is 0 Å². The lowest BCUT2D eigenvalue weighted by atomic mass is 9.94. The van der Waals surface area contributed by atoms with E-state index in [2.05, 4.69) is 5.16 Å². The Hall–Kier alpha value is -0.730. The molecule has 25 heavy (non-hydrogen) atoms. The van der Waals surface area contributed by atoms with Crippen LogP contribution >= 0.6 is 0 Å². The minimum atomic E-state index is -0.563. The lowest BCUT2D eigenvalue weighted by molar-refractivity contribution is -0.241. The van der Waals surface area contributed by atoms with Gasteiger partial charge in [0.15, 0.2) is 24.0 Å². The number of rotatable bonds is 1. The summed E-state index contributed by atoms with van der Waals surface area (Å²) in [5.41, 5.74) is 0.480. The molecule has 5 aliphatic rings. The van der Waals surface area contributed by atoms with Crippen LogP contribution in [0.5, 0.6) is 0 Å². The second-order valence-electron chi connectivity index (χ2n) is 8.02. The van der Waals surface area contributed by atoms with Crippen molar-refractivity contribution in [2.45, 2.75) is 100 Å². The summed E-state index contributed by atoms with van der Waals surface area (Å²) in [5.74, 6) is -1.04. The third-order valence-electron chi connectivity index (χ3n) is 6.34. The summed E-state index contributed by atoms with van der Waals surface area (Å²) in [4.78, 5) is 0. The predicted molar refractivity (Wildman–Crippen MR) is 86.3 cm³/mol. The van der Waals surface area contributed by atoms with Gasteiger partial charge in [0.2, 0.25) is 0 Å². The van der Waals surface area contributed by atoms with E-state index in [9.17, 15) is 5.21 Å². The van der Waals surface area contributed by atoms with E-state index in [0.29, 0.717) is 12.3 Å². The van der Waals surface area contributed by atoms with Crippen LogP contribution in [0.4, 0.5) is 0 Å². The van der Waals surface area contributed by atoms with Gasteiger partial charge in [0, 0.05) is 25.7 Å². The quantitative estimate of drug-likeness (QED) is 0.577. The first-order valence-electron chi connectivity index (χ1n) is 9.77. The lowest BCUT2D eigenvalue weighted by Gasteiger charge is -2.34. The normalized spacial score (nSPS) is 43.9. The first-order valence-corrected chi connectivity index (χ1v) is 9.77. The molecule has 1 N–H and O–H groups in total. The molecule has 0 aromatic rings. The Kier molecular flexibility index (Phi) is 4.05. The van der Waals surface area contributed by atoms with Crippen molar-refractivity contribution in [2.75, 3.05) is 6.61 Å². The zero-order chi connectivity index (χ0) is 16.9. The molecule has 0 bridgehead atoms. The summed E-state index contributed by atoms with van der Waals surface area (Å²) in [6.07, 6.45) is 8.77. The average molecular weight is 353 g/mol. The SMILES string of the molecule is O/N=C1/[C@H]2OC3(CCCCC3)O[C@H]2O[C@@H]1[C@H]1COC2(CCCCC2)O1. The highest BCUT2D eigenvalue weighted by Gasteiger charge is 2.60. The van der Waals surface area contributed by atoms with Gasteiger partial charge in [-0.25, -0.2) is 0 Å². The van der Waals surface area contributed by atoms with Crippen molar-refractivity contribution in [2.24, 2.45) is 5.16 Å². The smallest absolute Gasteiger partial charge is 0.193 e. The van der Waals surface area contributed by atoms with Crippen LogP contribution in [-0.4, -0.2) is 53.7 Å². The summed E-state index contributed by atoms with van der Waals surface area (Å²) in [5, 5.41) is 13.1. The van der Waals surface area contributed by atoms with Crippen molar-refractivity contribution < 1.29 is 28.9 Å². The number of hydrogen-bond donors (Lipinski definition) is 1. The molecule has 2 spiro atoms. The molecule has 0 aromatic heterocycles. The number of nitrogens with zero attached hydrogens (tertiary/aromatic N) is 1. The van der Waals surface area contributed by atoms with Crippen LogP contribution in [0.2, 0.25) is 0 Å². The Morgan fingerprint density at radius 2 is 1.48 bits per heavy atom. The van der Waals surface area contributed by atoms with Crippen LogP contribution in [0.15, 0.2) is 5.16 Å². The fourth-order valence-electron chi connectivity index (χ4n) is 5.06. The zero-order valence-electron chi connectivity index (χ0n) is 14.5. The molecule has 3 heterocycles. The summed E-state index contributed by atoms with van der Waals surface area (Å²) >= 11 is 0. The van der Waals surface area contributed by atoms with Gasteiger partial charge in [-0.1, -0.05) is 18.0 Å². The van der Waals surface area contributed by atoms with Crippen molar-refractivity contribution in [1.29, 1.82) is 0 Å². The van der Waals surface area contributed by atoms with E-state index in [1.165, 1.54) is 12.8 Å². The number of hydrogen-bond acceptors (Lipinski definition) is 7. The highest BCUT2D eigenvalue weighted by Crippen LogP contribution is 2.46. The van der Waals surface area contributed by atoms with Gasteiger partial charge in [-0.3, -0.25) is 0 Å². The van der Waals surface area contributed by atoms with Crippen molar-refractivity contribution in [1.82, 2.24) is 0 Å². The first-order chi connectivity index (χ1) is 12.2. The van der Waals surface area contributed by atoms with Gasteiger partial charge < -0.3 is 28.9 Å². The standard InChI is InChI=1S/C18H27NO6/c20-19-13-14(12-11-21-17(23-12)7-3-1-4-8-17)22-16-15(13)24-18(25-16)9-5-2-6-10-18/h12,14-16,20H,1-11H2/b19-13+/t12-,14-,15-,16-/m1/s1. The van der Waals surface area contributed by atoms with Crippen LogP contribution in [0.1, 0.15) is 64.2 Å². The minimum absolute atomic E-state index is 0.274. The highest BCUT2D eigenvalue weighted by molar-refractivity contribution is 5.95. The Labute approximate surface area is 147 Å². The first kappa shape index (κ1) is 16.4. The Morgan fingerprint density at radius 1 is 0.800 bits per heavy atom.